The van der Waals surface area contributed by atoms with Gasteiger partial charge in [0, 0.05) is 18.5 Å². The summed E-state index contributed by atoms with van der Waals surface area (Å²) in [6, 6.07) is 5.58. The molecule has 0 spiro atoms. The molecule has 1 aromatic heterocycles. The highest BCUT2D eigenvalue weighted by Gasteiger charge is 2.12. The first-order valence-electron chi connectivity index (χ1n) is 5.88. The molecule has 1 N–H and O–H groups in total. The molecule has 1 amide bonds. The molecule has 0 saturated heterocycles. The van der Waals surface area contributed by atoms with Crippen molar-refractivity contribution in [2.45, 2.75) is 0 Å². The summed E-state index contributed by atoms with van der Waals surface area (Å²) in [5, 5.41) is 2.17. The molecule has 1 aromatic carbocycles. The van der Waals surface area contributed by atoms with Crippen LogP contribution >= 0.6 is 0 Å². The Hall–Kier alpha value is -2.83. The molecule has 0 radical (unpaired) electrons. The van der Waals surface area contributed by atoms with Crippen LogP contribution in [0.2, 0.25) is 0 Å². The van der Waals surface area contributed by atoms with Crippen molar-refractivity contribution < 1.29 is 23.1 Å². The first kappa shape index (κ1) is 14.6. The Labute approximate surface area is 118 Å². The molecule has 0 aliphatic heterocycles. The van der Waals surface area contributed by atoms with E-state index < -0.39 is 30.1 Å². The Balaban J connectivity index is 1.89. The van der Waals surface area contributed by atoms with E-state index in [1.807, 2.05) is 0 Å². The van der Waals surface area contributed by atoms with Crippen molar-refractivity contribution in [2.75, 3.05) is 11.9 Å². The number of hydrogen-bond acceptors (Lipinski definition) is 4. The van der Waals surface area contributed by atoms with Crippen molar-refractivity contribution in [1.82, 2.24) is 4.98 Å². The molecule has 0 bridgehead atoms. The lowest BCUT2D eigenvalue weighted by Crippen LogP contribution is -2.21. The standard InChI is InChI=1S/C14H10F2N2O3/c15-10-1-2-12(11(16)7-10)18-13(19)8-21-14(20)9-3-5-17-6-4-9/h1-7H,8H2,(H,18,19). The van der Waals surface area contributed by atoms with E-state index >= 15 is 0 Å². The summed E-state index contributed by atoms with van der Waals surface area (Å²) in [7, 11) is 0. The van der Waals surface area contributed by atoms with E-state index in [1.165, 1.54) is 24.5 Å². The fraction of sp³-hybridized carbons (Fsp3) is 0.0714. The fourth-order valence-corrected chi connectivity index (χ4v) is 1.48. The Morgan fingerprint density at radius 2 is 1.86 bits per heavy atom. The minimum atomic E-state index is -0.913. The minimum Gasteiger partial charge on any atom is -0.452 e. The second-order valence-corrected chi connectivity index (χ2v) is 3.98. The smallest absolute Gasteiger partial charge is 0.338 e. The van der Waals surface area contributed by atoms with Crippen LogP contribution in [0, 0.1) is 11.6 Å². The van der Waals surface area contributed by atoms with Crippen molar-refractivity contribution in [3.8, 4) is 0 Å². The molecule has 0 fully saturated rings. The van der Waals surface area contributed by atoms with Crippen LogP contribution < -0.4 is 5.32 Å². The number of nitrogens with one attached hydrogen (secondary N) is 1. The number of ether oxygens (including phenoxy) is 1. The van der Waals surface area contributed by atoms with E-state index in [4.69, 9.17) is 4.74 Å². The molecule has 2 rings (SSSR count). The lowest BCUT2D eigenvalue weighted by atomic mass is 10.3. The minimum absolute atomic E-state index is 0.193. The molecule has 21 heavy (non-hydrogen) atoms. The van der Waals surface area contributed by atoms with Crippen LogP contribution in [0.3, 0.4) is 0 Å². The third-order valence-electron chi connectivity index (χ3n) is 2.46. The predicted molar refractivity (Wildman–Crippen MR) is 69.5 cm³/mol. The summed E-state index contributed by atoms with van der Waals surface area (Å²) in [5.41, 5.74) is 0.0483. The molecule has 0 saturated carbocycles. The maximum absolute atomic E-state index is 13.3. The van der Waals surface area contributed by atoms with Gasteiger partial charge in [-0.25, -0.2) is 13.6 Å². The van der Waals surface area contributed by atoms with E-state index in [-0.39, 0.29) is 11.3 Å². The maximum atomic E-state index is 13.3. The van der Waals surface area contributed by atoms with E-state index in [2.05, 4.69) is 10.3 Å². The molecule has 1 heterocycles. The second-order valence-electron chi connectivity index (χ2n) is 3.98. The van der Waals surface area contributed by atoms with Gasteiger partial charge >= 0.3 is 5.97 Å². The first-order valence-corrected chi connectivity index (χ1v) is 5.88. The summed E-state index contributed by atoms with van der Waals surface area (Å²) in [6.45, 7) is -0.585. The second kappa shape index (κ2) is 6.56. The number of amides is 1. The summed E-state index contributed by atoms with van der Waals surface area (Å²) in [4.78, 5) is 26.8. The molecule has 5 nitrogen and oxygen atoms in total. The van der Waals surface area contributed by atoms with Crippen LogP contribution in [0.5, 0.6) is 0 Å². The van der Waals surface area contributed by atoms with Crippen molar-refractivity contribution in [2.24, 2.45) is 0 Å². The van der Waals surface area contributed by atoms with Gasteiger partial charge in [0.1, 0.15) is 11.6 Å². The van der Waals surface area contributed by atoms with Crippen LogP contribution in [0.15, 0.2) is 42.7 Å². The van der Waals surface area contributed by atoms with Gasteiger partial charge in [-0.05, 0) is 24.3 Å². The van der Waals surface area contributed by atoms with E-state index in [1.54, 1.807) is 0 Å². The van der Waals surface area contributed by atoms with Gasteiger partial charge in [-0.3, -0.25) is 9.78 Å². The van der Waals surface area contributed by atoms with Crippen LogP contribution in [0.1, 0.15) is 10.4 Å². The number of esters is 1. The SMILES string of the molecule is O=C(COC(=O)c1ccncc1)Nc1ccc(F)cc1F. The molecule has 7 heteroatoms. The molecule has 0 aliphatic rings. The Morgan fingerprint density at radius 1 is 1.14 bits per heavy atom. The van der Waals surface area contributed by atoms with Crippen LogP contribution in [0.25, 0.3) is 0 Å². The normalized spacial score (nSPS) is 10.0. The third-order valence-corrected chi connectivity index (χ3v) is 2.46. The van der Waals surface area contributed by atoms with Gasteiger partial charge in [-0.15, -0.1) is 0 Å². The predicted octanol–water partition coefficient (Wildman–Crippen LogP) is 2.16. The number of aromatic nitrogens is 1. The third kappa shape index (κ3) is 4.07. The Morgan fingerprint density at radius 3 is 2.52 bits per heavy atom. The molecule has 0 atom stereocenters. The highest BCUT2D eigenvalue weighted by atomic mass is 19.1. The molecule has 0 unspecified atom stereocenters. The molecule has 0 aliphatic carbocycles. The van der Waals surface area contributed by atoms with E-state index in [0.717, 1.165) is 12.1 Å². The maximum Gasteiger partial charge on any atom is 0.338 e. The molecular weight excluding hydrogens is 282 g/mol. The quantitative estimate of drug-likeness (QED) is 0.877. The number of nitrogens with zero attached hydrogens (tertiary/aromatic N) is 1. The fourth-order valence-electron chi connectivity index (χ4n) is 1.48. The van der Waals surface area contributed by atoms with Gasteiger partial charge in [0.2, 0.25) is 0 Å². The number of pyridine rings is 1. The summed E-state index contributed by atoms with van der Waals surface area (Å²) in [5.74, 6) is -3.10. The van der Waals surface area contributed by atoms with Gasteiger partial charge < -0.3 is 10.1 Å². The molecule has 108 valence electrons. The highest BCUT2D eigenvalue weighted by Crippen LogP contribution is 2.14. The summed E-state index contributed by atoms with van der Waals surface area (Å²) >= 11 is 0. The van der Waals surface area contributed by atoms with Crippen LogP contribution in [-0.4, -0.2) is 23.5 Å². The Kier molecular flexibility index (Phi) is 4.55. The lowest BCUT2D eigenvalue weighted by molar-refractivity contribution is -0.119. The van der Waals surface area contributed by atoms with Gasteiger partial charge in [-0.2, -0.15) is 0 Å². The topological polar surface area (TPSA) is 68.3 Å². The van der Waals surface area contributed by atoms with Gasteiger partial charge in [0.25, 0.3) is 5.91 Å². The van der Waals surface area contributed by atoms with Crippen molar-refractivity contribution in [3.05, 3.63) is 59.9 Å². The number of hydrogen-bond donors (Lipinski definition) is 1. The molecule has 2 aromatic rings. The number of anilines is 1. The number of halogens is 2. The van der Waals surface area contributed by atoms with E-state index in [9.17, 15) is 18.4 Å². The zero-order valence-corrected chi connectivity index (χ0v) is 10.7. The van der Waals surface area contributed by atoms with Crippen molar-refractivity contribution in [3.63, 3.8) is 0 Å². The zero-order chi connectivity index (χ0) is 15.2. The monoisotopic (exact) mass is 292 g/mol. The van der Waals surface area contributed by atoms with Crippen LogP contribution in [-0.2, 0) is 9.53 Å². The number of carbonyl (C=O) groups is 2. The average Bonchev–Trinajstić information content (AvgIpc) is 2.48. The largest absolute Gasteiger partial charge is 0.452 e. The van der Waals surface area contributed by atoms with Gasteiger partial charge in [0.15, 0.2) is 6.61 Å². The number of rotatable bonds is 4. The van der Waals surface area contributed by atoms with Crippen LogP contribution in [0.4, 0.5) is 14.5 Å². The highest BCUT2D eigenvalue weighted by molar-refractivity contribution is 5.95. The summed E-state index contributed by atoms with van der Waals surface area (Å²) in [6.07, 6.45) is 2.81. The lowest BCUT2D eigenvalue weighted by Gasteiger charge is -2.07. The first-order chi connectivity index (χ1) is 10.1. The van der Waals surface area contributed by atoms with Crippen molar-refractivity contribution in [1.29, 1.82) is 0 Å². The van der Waals surface area contributed by atoms with Crippen molar-refractivity contribution >= 4 is 17.6 Å². The summed E-state index contributed by atoms with van der Waals surface area (Å²) < 4.78 is 30.8. The number of benzene rings is 1. The number of carbonyl (C=O) groups excluding carboxylic acids is 2. The zero-order valence-electron chi connectivity index (χ0n) is 10.7. The van der Waals surface area contributed by atoms with Gasteiger partial charge in [-0.1, -0.05) is 0 Å². The van der Waals surface area contributed by atoms with E-state index in [0.29, 0.717) is 6.07 Å². The average molecular weight is 292 g/mol. The Bertz CT molecular complexity index is 663. The van der Waals surface area contributed by atoms with Gasteiger partial charge in [0.05, 0.1) is 11.3 Å². The molecular formula is C14H10F2N2O3.